The van der Waals surface area contributed by atoms with Gasteiger partial charge >= 0.3 is 0 Å². The van der Waals surface area contributed by atoms with Crippen molar-refractivity contribution in [2.24, 2.45) is 7.05 Å². The number of carbonyl (C=O) groups excluding carboxylic acids is 1. The number of ether oxygens (including phenoxy) is 1. The lowest BCUT2D eigenvalue weighted by molar-refractivity contribution is 0.112. The molecule has 0 atom stereocenters. The van der Waals surface area contributed by atoms with Crippen molar-refractivity contribution in [3.8, 4) is 5.75 Å². The average molecular weight is 254 g/mol. The van der Waals surface area contributed by atoms with Crippen LogP contribution in [0.5, 0.6) is 5.75 Å². The predicted octanol–water partition coefficient (Wildman–Crippen LogP) is 0.880. The zero-order chi connectivity index (χ0) is 13.1. The van der Waals surface area contributed by atoms with Crippen molar-refractivity contribution >= 4 is 6.29 Å². The Labute approximate surface area is 100 Å². The highest BCUT2D eigenvalue weighted by molar-refractivity contribution is 5.75. The Morgan fingerprint density at radius 3 is 2.56 bits per heavy atom. The van der Waals surface area contributed by atoms with Gasteiger partial charge in [0.05, 0.1) is 7.05 Å². The van der Waals surface area contributed by atoms with Gasteiger partial charge in [-0.15, -0.1) is 10.2 Å². The molecule has 0 bridgehead atoms. The fourth-order valence-corrected chi connectivity index (χ4v) is 1.30. The summed E-state index contributed by atoms with van der Waals surface area (Å²) in [7, 11) is 1.55. The minimum absolute atomic E-state index is 0.102. The van der Waals surface area contributed by atoms with E-state index in [4.69, 9.17) is 4.74 Å². The van der Waals surface area contributed by atoms with E-state index in [0.29, 0.717) is 6.29 Å². The van der Waals surface area contributed by atoms with Gasteiger partial charge in [-0.05, 0) is 17.3 Å². The number of aromatic nitrogens is 4. The van der Waals surface area contributed by atoms with E-state index in [9.17, 15) is 13.6 Å². The third-order valence-corrected chi connectivity index (χ3v) is 2.05. The lowest BCUT2D eigenvalue weighted by Crippen LogP contribution is -2.03. The van der Waals surface area contributed by atoms with E-state index >= 15 is 0 Å². The normalized spacial score (nSPS) is 10.4. The van der Waals surface area contributed by atoms with Gasteiger partial charge in [0, 0.05) is 5.56 Å². The lowest BCUT2D eigenvalue weighted by Gasteiger charge is -2.06. The van der Waals surface area contributed by atoms with Gasteiger partial charge in [0.1, 0.15) is 6.29 Å². The fourth-order valence-electron chi connectivity index (χ4n) is 1.30. The van der Waals surface area contributed by atoms with Crippen molar-refractivity contribution in [1.82, 2.24) is 20.2 Å². The highest BCUT2D eigenvalue weighted by atomic mass is 19.1. The molecule has 0 spiro atoms. The van der Waals surface area contributed by atoms with E-state index in [-0.39, 0.29) is 18.0 Å². The van der Waals surface area contributed by atoms with Gasteiger partial charge in [0.15, 0.2) is 24.0 Å². The molecule has 8 heteroatoms. The van der Waals surface area contributed by atoms with Gasteiger partial charge in [-0.2, -0.15) is 4.80 Å². The van der Waals surface area contributed by atoms with Crippen LogP contribution in [0.1, 0.15) is 16.2 Å². The van der Waals surface area contributed by atoms with E-state index < -0.39 is 17.4 Å². The summed E-state index contributed by atoms with van der Waals surface area (Å²) in [4.78, 5) is 11.6. The summed E-state index contributed by atoms with van der Waals surface area (Å²) in [6.07, 6.45) is 0.347. The minimum atomic E-state index is -0.957. The van der Waals surface area contributed by atoms with Gasteiger partial charge in [0.25, 0.3) is 0 Å². The van der Waals surface area contributed by atoms with Crippen LogP contribution in [0.2, 0.25) is 0 Å². The average Bonchev–Trinajstić information content (AvgIpc) is 2.73. The van der Waals surface area contributed by atoms with Crippen molar-refractivity contribution in [2.75, 3.05) is 0 Å². The second-order valence-corrected chi connectivity index (χ2v) is 3.42. The topological polar surface area (TPSA) is 69.9 Å². The maximum absolute atomic E-state index is 13.4. The molecule has 94 valence electrons. The summed E-state index contributed by atoms with van der Waals surface area (Å²) >= 11 is 0. The molecule has 2 rings (SSSR count). The smallest absolute Gasteiger partial charge is 0.212 e. The Morgan fingerprint density at radius 2 is 2.06 bits per heavy atom. The number of nitrogens with zero attached hydrogens (tertiary/aromatic N) is 4. The van der Waals surface area contributed by atoms with Crippen LogP contribution in [-0.4, -0.2) is 26.5 Å². The molecule has 0 N–H and O–H groups in total. The highest BCUT2D eigenvalue weighted by Crippen LogP contribution is 2.23. The highest BCUT2D eigenvalue weighted by Gasteiger charge is 2.13. The van der Waals surface area contributed by atoms with E-state index in [1.54, 1.807) is 7.05 Å². The Bertz CT molecular complexity index is 562. The fraction of sp³-hybridized carbons (Fsp3) is 0.200. The largest absolute Gasteiger partial charge is 0.479 e. The molecule has 0 aliphatic heterocycles. The summed E-state index contributed by atoms with van der Waals surface area (Å²) in [5, 5.41) is 10.9. The number of benzene rings is 1. The third kappa shape index (κ3) is 2.47. The molecular formula is C10H8F2N4O2. The molecular weight excluding hydrogens is 246 g/mol. The van der Waals surface area contributed by atoms with E-state index in [2.05, 4.69) is 15.4 Å². The van der Waals surface area contributed by atoms with Crippen LogP contribution >= 0.6 is 0 Å². The second-order valence-electron chi connectivity index (χ2n) is 3.42. The van der Waals surface area contributed by atoms with Crippen LogP contribution < -0.4 is 4.74 Å². The lowest BCUT2D eigenvalue weighted by atomic mass is 10.2. The van der Waals surface area contributed by atoms with Gasteiger partial charge in [-0.25, -0.2) is 8.78 Å². The van der Waals surface area contributed by atoms with Crippen LogP contribution in [0.15, 0.2) is 12.1 Å². The summed E-state index contributed by atoms with van der Waals surface area (Å²) < 4.78 is 31.8. The molecule has 0 radical (unpaired) electrons. The van der Waals surface area contributed by atoms with Gasteiger partial charge in [-0.1, -0.05) is 0 Å². The molecule has 0 saturated carbocycles. The Balaban J connectivity index is 2.16. The molecule has 0 aliphatic carbocycles. The molecule has 0 saturated heterocycles. The number of halogens is 2. The Morgan fingerprint density at radius 1 is 1.39 bits per heavy atom. The Hall–Kier alpha value is -2.38. The summed E-state index contributed by atoms with van der Waals surface area (Å²) in [5.74, 6) is -2.30. The first kappa shape index (κ1) is 12.1. The first-order chi connectivity index (χ1) is 8.60. The van der Waals surface area contributed by atoms with Crippen LogP contribution in [0, 0.1) is 11.6 Å². The van der Waals surface area contributed by atoms with Gasteiger partial charge in [0.2, 0.25) is 5.82 Å². The van der Waals surface area contributed by atoms with E-state index in [0.717, 1.165) is 12.1 Å². The van der Waals surface area contributed by atoms with Crippen LogP contribution in [0.25, 0.3) is 0 Å². The number of rotatable bonds is 4. The maximum atomic E-state index is 13.4. The molecule has 1 aromatic heterocycles. The molecule has 6 nitrogen and oxygen atoms in total. The van der Waals surface area contributed by atoms with Crippen molar-refractivity contribution < 1.29 is 18.3 Å². The van der Waals surface area contributed by atoms with Crippen molar-refractivity contribution in [3.63, 3.8) is 0 Å². The Kier molecular flexibility index (Phi) is 3.26. The molecule has 0 unspecified atom stereocenters. The van der Waals surface area contributed by atoms with Crippen molar-refractivity contribution in [1.29, 1.82) is 0 Å². The summed E-state index contributed by atoms with van der Waals surface area (Å²) in [5.41, 5.74) is -0.102. The first-order valence-electron chi connectivity index (χ1n) is 4.90. The number of hydrogen-bond donors (Lipinski definition) is 0. The standard InChI is InChI=1S/C10H8F2N4O2/c1-16-14-9(13-15-16)5-18-10-7(11)2-6(4-17)3-8(10)12/h2-4H,5H2,1H3. The third-order valence-electron chi connectivity index (χ3n) is 2.05. The van der Waals surface area contributed by atoms with Crippen LogP contribution in [-0.2, 0) is 13.7 Å². The second kappa shape index (κ2) is 4.86. The zero-order valence-corrected chi connectivity index (χ0v) is 9.30. The van der Waals surface area contributed by atoms with Crippen molar-refractivity contribution in [3.05, 3.63) is 35.2 Å². The van der Waals surface area contributed by atoms with Crippen molar-refractivity contribution in [2.45, 2.75) is 6.61 Å². The number of aryl methyl sites for hydroxylation is 1. The molecule has 0 aliphatic rings. The zero-order valence-electron chi connectivity index (χ0n) is 9.30. The molecule has 1 heterocycles. The summed E-state index contributed by atoms with van der Waals surface area (Å²) in [6, 6.07) is 1.77. The van der Waals surface area contributed by atoms with Crippen LogP contribution in [0.3, 0.4) is 0 Å². The molecule has 2 aromatic rings. The first-order valence-corrected chi connectivity index (χ1v) is 4.90. The minimum Gasteiger partial charge on any atom is -0.479 e. The molecule has 0 fully saturated rings. The quantitative estimate of drug-likeness (QED) is 0.757. The molecule has 1 aromatic carbocycles. The summed E-state index contributed by atoms with van der Waals surface area (Å²) in [6.45, 7) is -0.220. The number of carbonyl (C=O) groups is 1. The monoisotopic (exact) mass is 254 g/mol. The van der Waals surface area contributed by atoms with E-state index in [1.807, 2.05) is 0 Å². The van der Waals surface area contributed by atoms with Gasteiger partial charge in [-0.3, -0.25) is 4.79 Å². The predicted molar refractivity (Wildman–Crippen MR) is 54.9 cm³/mol. The van der Waals surface area contributed by atoms with E-state index in [1.165, 1.54) is 4.80 Å². The maximum Gasteiger partial charge on any atom is 0.212 e. The number of aldehydes is 1. The molecule has 18 heavy (non-hydrogen) atoms. The van der Waals surface area contributed by atoms with Gasteiger partial charge < -0.3 is 4.74 Å². The molecule has 0 amide bonds. The SMILES string of the molecule is Cn1nnc(COc2c(F)cc(C=O)cc2F)n1. The number of tetrazole rings is 1. The van der Waals surface area contributed by atoms with Crippen LogP contribution in [0.4, 0.5) is 8.78 Å². The number of hydrogen-bond acceptors (Lipinski definition) is 5.